The molecule has 0 saturated heterocycles. The third kappa shape index (κ3) is 3.63. The number of methoxy groups -OCH3 is 2. The Morgan fingerprint density at radius 3 is 2.58 bits per heavy atom. The molecule has 1 saturated carbocycles. The van der Waals surface area contributed by atoms with Crippen molar-refractivity contribution in [3.8, 4) is 11.5 Å². The molecular weight excluding hydrogens is 238 g/mol. The molecular formula is C16H25NO2. The van der Waals surface area contributed by atoms with E-state index >= 15 is 0 Å². The minimum atomic E-state index is 0.708. The Morgan fingerprint density at radius 2 is 1.95 bits per heavy atom. The van der Waals surface area contributed by atoms with Crippen LogP contribution in [0.2, 0.25) is 0 Å². The highest BCUT2D eigenvalue weighted by molar-refractivity contribution is 5.42. The van der Waals surface area contributed by atoms with Crippen LogP contribution in [0.15, 0.2) is 18.2 Å². The number of nitrogens with one attached hydrogen (secondary N) is 1. The Labute approximate surface area is 116 Å². The van der Waals surface area contributed by atoms with Crippen molar-refractivity contribution in [2.45, 2.75) is 38.6 Å². The van der Waals surface area contributed by atoms with Gasteiger partial charge in [0.1, 0.15) is 0 Å². The second kappa shape index (κ2) is 6.80. The highest BCUT2D eigenvalue weighted by atomic mass is 16.5. The Balaban J connectivity index is 1.85. The smallest absolute Gasteiger partial charge is 0.160 e. The topological polar surface area (TPSA) is 30.5 Å². The van der Waals surface area contributed by atoms with Gasteiger partial charge in [0.2, 0.25) is 0 Å². The number of hydrogen-bond acceptors (Lipinski definition) is 3. The molecule has 1 aromatic carbocycles. The molecule has 1 aliphatic rings. The lowest BCUT2D eigenvalue weighted by Crippen LogP contribution is -2.32. The minimum Gasteiger partial charge on any atom is -0.493 e. The van der Waals surface area contributed by atoms with E-state index in [4.69, 9.17) is 9.47 Å². The zero-order chi connectivity index (χ0) is 13.7. The van der Waals surface area contributed by atoms with Gasteiger partial charge in [0.15, 0.2) is 11.5 Å². The van der Waals surface area contributed by atoms with Gasteiger partial charge in [-0.15, -0.1) is 0 Å². The van der Waals surface area contributed by atoms with Gasteiger partial charge in [-0.3, -0.25) is 0 Å². The normalized spacial score (nSPS) is 22.5. The second-order valence-electron chi connectivity index (χ2n) is 5.41. The van der Waals surface area contributed by atoms with E-state index in [1.165, 1.54) is 24.8 Å². The molecule has 2 rings (SSSR count). The summed E-state index contributed by atoms with van der Waals surface area (Å²) in [5.41, 5.74) is 1.29. The first-order valence-corrected chi connectivity index (χ1v) is 7.19. The Hall–Kier alpha value is -1.22. The molecule has 0 aliphatic heterocycles. The molecule has 1 aliphatic carbocycles. The monoisotopic (exact) mass is 263 g/mol. The fourth-order valence-corrected chi connectivity index (χ4v) is 2.89. The van der Waals surface area contributed by atoms with Crippen LogP contribution < -0.4 is 14.8 Å². The van der Waals surface area contributed by atoms with Crippen LogP contribution in [-0.4, -0.2) is 26.8 Å². The maximum Gasteiger partial charge on any atom is 0.160 e. The average Bonchev–Trinajstić information content (AvgIpc) is 2.84. The summed E-state index contributed by atoms with van der Waals surface area (Å²) in [5.74, 6) is 2.43. The predicted molar refractivity (Wildman–Crippen MR) is 78.1 cm³/mol. The molecule has 0 aromatic heterocycles. The molecule has 2 unspecified atom stereocenters. The van der Waals surface area contributed by atoms with Crippen molar-refractivity contribution >= 4 is 0 Å². The van der Waals surface area contributed by atoms with Gasteiger partial charge in [-0.25, -0.2) is 0 Å². The first-order valence-electron chi connectivity index (χ1n) is 7.19. The average molecular weight is 263 g/mol. The molecule has 3 heteroatoms. The van der Waals surface area contributed by atoms with Crippen molar-refractivity contribution in [1.82, 2.24) is 5.32 Å². The van der Waals surface area contributed by atoms with Crippen LogP contribution in [0.5, 0.6) is 11.5 Å². The lowest BCUT2D eigenvalue weighted by Gasteiger charge is -2.17. The lowest BCUT2D eigenvalue weighted by atomic mass is 10.1. The summed E-state index contributed by atoms with van der Waals surface area (Å²) >= 11 is 0. The summed E-state index contributed by atoms with van der Waals surface area (Å²) in [7, 11) is 3.35. The quantitative estimate of drug-likeness (QED) is 0.855. The summed E-state index contributed by atoms with van der Waals surface area (Å²) < 4.78 is 10.6. The summed E-state index contributed by atoms with van der Waals surface area (Å²) in [4.78, 5) is 0. The molecule has 1 N–H and O–H groups in total. The molecule has 0 radical (unpaired) electrons. The largest absolute Gasteiger partial charge is 0.493 e. The fraction of sp³-hybridized carbons (Fsp3) is 0.625. The first-order chi connectivity index (χ1) is 9.24. The van der Waals surface area contributed by atoms with E-state index in [1.54, 1.807) is 14.2 Å². The van der Waals surface area contributed by atoms with E-state index in [0.717, 1.165) is 30.4 Å². The van der Waals surface area contributed by atoms with E-state index in [0.29, 0.717) is 6.04 Å². The van der Waals surface area contributed by atoms with E-state index in [1.807, 2.05) is 6.07 Å². The van der Waals surface area contributed by atoms with E-state index in [2.05, 4.69) is 24.4 Å². The molecule has 0 amide bonds. The molecule has 1 fully saturated rings. The zero-order valence-corrected chi connectivity index (χ0v) is 12.2. The van der Waals surface area contributed by atoms with Crippen molar-refractivity contribution < 1.29 is 9.47 Å². The summed E-state index contributed by atoms with van der Waals surface area (Å²) in [6.45, 7) is 3.38. The maximum absolute atomic E-state index is 5.33. The second-order valence-corrected chi connectivity index (χ2v) is 5.41. The van der Waals surface area contributed by atoms with Gasteiger partial charge in [0, 0.05) is 6.04 Å². The van der Waals surface area contributed by atoms with Gasteiger partial charge in [0.25, 0.3) is 0 Å². The molecule has 3 nitrogen and oxygen atoms in total. The number of benzene rings is 1. The van der Waals surface area contributed by atoms with Crippen molar-refractivity contribution in [1.29, 1.82) is 0 Å². The molecule has 0 heterocycles. The highest BCUT2D eigenvalue weighted by Crippen LogP contribution is 2.28. The summed E-state index contributed by atoms with van der Waals surface area (Å²) in [6.07, 6.45) is 5.10. The molecule has 19 heavy (non-hydrogen) atoms. The number of rotatable bonds is 6. The number of ether oxygens (including phenoxy) is 2. The van der Waals surface area contributed by atoms with Crippen LogP contribution in [0.25, 0.3) is 0 Å². The first kappa shape index (κ1) is 14.2. The van der Waals surface area contributed by atoms with E-state index in [9.17, 15) is 0 Å². The van der Waals surface area contributed by atoms with Gasteiger partial charge in [-0.05, 0) is 49.4 Å². The van der Waals surface area contributed by atoms with Crippen molar-refractivity contribution in [2.75, 3.05) is 20.8 Å². The zero-order valence-electron chi connectivity index (χ0n) is 12.2. The molecule has 2 atom stereocenters. The molecule has 0 spiro atoms. The lowest BCUT2D eigenvalue weighted by molar-refractivity contribution is 0.354. The van der Waals surface area contributed by atoms with Crippen LogP contribution in [-0.2, 0) is 6.42 Å². The van der Waals surface area contributed by atoms with Gasteiger partial charge >= 0.3 is 0 Å². The Bertz CT molecular complexity index is 406. The van der Waals surface area contributed by atoms with E-state index in [-0.39, 0.29) is 0 Å². The molecule has 0 bridgehead atoms. The van der Waals surface area contributed by atoms with Crippen LogP contribution in [0.4, 0.5) is 0 Å². The molecule has 1 aromatic rings. The summed E-state index contributed by atoms with van der Waals surface area (Å²) in [5, 5.41) is 3.67. The third-order valence-corrected chi connectivity index (χ3v) is 4.13. The van der Waals surface area contributed by atoms with Crippen LogP contribution in [0, 0.1) is 5.92 Å². The fourth-order valence-electron chi connectivity index (χ4n) is 2.89. The van der Waals surface area contributed by atoms with Crippen molar-refractivity contribution in [2.24, 2.45) is 5.92 Å². The maximum atomic E-state index is 5.33. The van der Waals surface area contributed by atoms with Crippen LogP contribution in [0.3, 0.4) is 0 Å². The third-order valence-electron chi connectivity index (χ3n) is 4.13. The van der Waals surface area contributed by atoms with Crippen molar-refractivity contribution in [3.63, 3.8) is 0 Å². The standard InChI is InChI=1S/C16H25NO2/c1-12-5-4-6-14(12)17-10-9-13-7-8-15(18-2)16(11-13)19-3/h7-8,11-12,14,17H,4-6,9-10H2,1-3H3. The SMILES string of the molecule is COc1ccc(CCNC2CCCC2C)cc1OC. The van der Waals surface area contributed by atoms with Gasteiger partial charge in [0.05, 0.1) is 14.2 Å². The Kier molecular flexibility index (Phi) is 5.08. The van der Waals surface area contributed by atoms with Crippen LogP contribution >= 0.6 is 0 Å². The van der Waals surface area contributed by atoms with Gasteiger partial charge < -0.3 is 14.8 Å². The van der Waals surface area contributed by atoms with Gasteiger partial charge in [-0.2, -0.15) is 0 Å². The minimum absolute atomic E-state index is 0.708. The predicted octanol–water partition coefficient (Wildman–Crippen LogP) is 3.02. The molecule has 106 valence electrons. The highest BCUT2D eigenvalue weighted by Gasteiger charge is 2.22. The van der Waals surface area contributed by atoms with Crippen molar-refractivity contribution in [3.05, 3.63) is 23.8 Å². The van der Waals surface area contributed by atoms with Gasteiger partial charge in [-0.1, -0.05) is 19.4 Å². The number of hydrogen-bond donors (Lipinski definition) is 1. The summed E-state index contributed by atoms with van der Waals surface area (Å²) in [6, 6.07) is 6.87. The Morgan fingerprint density at radius 1 is 1.16 bits per heavy atom. The van der Waals surface area contributed by atoms with E-state index < -0.39 is 0 Å². The van der Waals surface area contributed by atoms with Crippen LogP contribution in [0.1, 0.15) is 31.7 Å².